The summed E-state index contributed by atoms with van der Waals surface area (Å²) in [5.41, 5.74) is 3.28. The van der Waals surface area contributed by atoms with Crippen LogP contribution in [-0.4, -0.2) is 28.8 Å². The Labute approximate surface area is 186 Å². The van der Waals surface area contributed by atoms with E-state index in [-0.39, 0.29) is 17.4 Å². The molecule has 7 heteroatoms. The number of piperidine rings is 1. The number of para-hydroxylation sites is 1. The van der Waals surface area contributed by atoms with Gasteiger partial charge in [0.2, 0.25) is 5.91 Å². The molecule has 0 saturated carbocycles. The SMILES string of the molecule is Cc1ccc(-n2nc(N3CCC(C(=O)Nc4ccccc4C)CC3)ccc2=O)cc1Cl. The Morgan fingerprint density at radius 1 is 1.03 bits per heavy atom. The normalized spacial score (nSPS) is 14.5. The predicted octanol–water partition coefficient (Wildman–Crippen LogP) is 4.36. The van der Waals surface area contributed by atoms with Crippen molar-refractivity contribution >= 4 is 29.0 Å². The van der Waals surface area contributed by atoms with E-state index in [1.54, 1.807) is 12.1 Å². The minimum Gasteiger partial charge on any atom is -0.355 e. The molecule has 0 bridgehead atoms. The van der Waals surface area contributed by atoms with Crippen LogP contribution in [0.4, 0.5) is 11.5 Å². The maximum Gasteiger partial charge on any atom is 0.271 e. The molecule has 1 amide bonds. The first-order valence-electron chi connectivity index (χ1n) is 10.4. The molecule has 0 unspecified atom stereocenters. The fourth-order valence-corrected chi connectivity index (χ4v) is 3.96. The Morgan fingerprint density at radius 2 is 1.77 bits per heavy atom. The Morgan fingerprint density at radius 3 is 2.48 bits per heavy atom. The fourth-order valence-electron chi connectivity index (χ4n) is 3.79. The molecule has 3 aromatic rings. The van der Waals surface area contributed by atoms with Crippen molar-refractivity contribution in [3.8, 4) is 5.69 Å². The molecule has 31 heavy (non-hydrogen) atoms. The number of hydrogen-bond donors (Lipinski definition) is 1. The first-order chi connectivity index (χ1) is 14.9. The van der Waals surface area contributed by atoms with Crippen molar-refractivity contribution in [2.75, 3.05) is 23.3 Å². The van der Waals surface area contributed by atoms with Gasteiger partial charge in [-0.15, -0.1) is 5.10 Å². The van der Waals surface area contributed by atoms with Crippen LogP contribution in [0, 0.1) is 19.8 Å². The van der Waals surface area contributed by atoms with Crippen molar-refractivity contribution in [2.45, 2.75) is 26.7 Å². The molecule has 0 atom stereocenters. The number of nitrogens with one attached hydrogen (secondary N) is 1. The highest BCUT2D eigenvalue weighted by Gasteiger charge is 2.26. The Bertz CT molecular complexity index is 1170. The first kappa shape index (κ1) is 21.1. The summed E-state index contributed by atoms with van der Waals surface area (Å²) >= 11 is 6.23. The lowest BCUT2D eigenvalue weighted by Gasteiger charge is -2.32. The van der Waals surface area contributed by atoms with E-state index in [1.165, 1.54) is 10.7 Å². The topological polar surface area (TPSA) is 67.2 Å². The van der Waals surface area contributed by atoms with Gasteiger partial charge < -0.3 is 10.2 Å². The van der Waals surface area contributed by atoms with E-state index in [1.807, 2.05) is 50.2 Å². The zero-order valence-corrected chi connectivity index (χ0v) is 18.4. The summed E-state index contributed by atoms with van der Waals surface area (Å²) in [4.78, 5) is 27.2. The molecule has 0 radical (unpaired) electrons. The molecule has 1 aromatic heterocycles. The lowest BCUT2D eigenvalue weighted by Crippen LogP contribution is -2.39. The van der Waals surface area contributed by atoms with Crippen LogP contribution in [0.1, 0.15) is 24.0 Å². The number of aromatic nitrogens is 2. The monoisotopic (exact) mass is 436 g/mol. The van der Waals surface area contributed by atoms with E-state index in [4.69, 9.17) is 11.6 Å². The highest BCUT2D eigenvalue weighted by Crippen LogP contribution is 2.24. The summed E-state index contributed by atoms with van der Waals surface area (Å²) in [6.07, 6.45) is 1.46. The van der Waals surface area contributed by atoms with Gasteiger partial charge in [0.05, 0.1) is 5.69 Å². The molecule has 6 nitrogen and oxygen atoms in total. The third-order valence-corrected chi connectivity index (χ3v) is 6.19. The highest BCUT2D eigenvalue weighted by molar-refractivity contribution is 6.31. The lowest BCUT2D eigenvalue weighted by molar-refractivity contribution is -0.120. The third-order valence-electron chi connectivity index (χ3n) is 5.78. The molecule has 1 saturated heterocycles. The second kappa shape index (κ2) is 8.94. The predicted molar refractivity (Wildman–Crippen MR) is 124 cm³/mol. The summed E-state index contributed by atoms with van der Waals surface area (Å²) in [6.45, 7) is 5.30. The number of hydrogen-bond acceptors (Lipinski definition) is 4. The molecule has 4 rings (SSSR count). The first-order valence-corrected chi connectivity index (χ1v) is 10.8. The van der Waals surface area contributed by atoms with Gasteiger partial charge in [-0.2, -0.15) is 4.68 Å². The highest BCUT2D eigenvalue weighted by atomic mass is 35.5. The zero-order valence-electron chi connectivity index (χ0n) is 17.6. The molecule has 1 fully saturated rings. The Kier molecular flexibility index (Phi) is 6.09. The fraction of sp³-hybridized carbons (Fsp3) is 0.292. The van der Waals surface area contributed by atoms with Gasteiger partial charge in [0, 0.05) is 35.8 Å². The second-order valence-electron chi connectivity index (χ2n) is 7.94. The number of anilines is 2. The molecule has 160 valence electrons. The van der Waals surface area contributed by atoms with Gasteiger partial charge in [0.25, 0.3) is 5.56 Å². The van der Waals surface area contributed by atoms with Crippen LogP contribution in [0.3, 0.4) is 0 Å². The van der Waals surface area contributed by atoms with Crippen molar-refractivity contribution in [2.24, 2.45) is 5.92 Å². The van der Waals surface area contributed by atoms with E-state index in [0.717, 1.165) is 29.7 Å². The van der Waals surface area contributed by atoms with Gasteiger partial charge in [0.1, 0.15) is 5.82 Å². The van der Waals surface area contributed by atoms with Gasteiger partial charge in [0.15, 0.2) is 0 Å². The number of carbonyl (C=O) groups excluding carboxylic acids is 1. The summed E-state index contributed by atoms with van der Waals surface area (Å²) in [5.74, 6) is 0.730. The van der Waals surface area contributed by atoms with E-state index in [9.17, 15) is 9.59 Å². The molecule has 1 aliphatic heterocycles. The van der Waals surface area contributed by atoms with Crippen LogP contribution in [0.5, 0.6) is 0 Å². The standard InChI is InChI=1S/C24H25ClN4O2/c1-16-7-8-19(15-20(16)25)29-23(30)10-9-22(27-29)28-13-11-18(12-14-28)24(31)26-21-6-4-3-5-17(21)2/h3-10,15,18H,11-14H2,1-2H3,(H,26,31). The number of nitrogens with zero attached hydrogens (tertiary/aromatic N) is 3. The van der Waals surface area contributed by atoms with Gasteiger partial charge >= 0.3 is 0 Å². The van der Waals surface area contributed by atoms with E-state index >= 15 is 0 Å². The number of rotatable bonds is 4. The summed E-state index contributed by atoms with van der Waals surface area (Å²) in [5, 5.41) is 8.20. The minimum atomic E-state index is -0.212. The smallest absolute Gasteiger partial charge is 0.271 e. The zero-order chi connectivity index (χ0) is 22.0. The molecule has 0 aliphatic carbocycles. The van der Waals surface area contributed by atoms with Gasteiger partial charge in [-0.25, -0.2) is 0 Å². The average Bonchev–Trinajstić information content (AvgIpc) is 2.78. The van der Waals surface area contributed by atoms with Crippen LogP contribution >= 0.6 is 11.6 Å². The van der Waals surface area contributed by atoms with E-state index in [2.05, 4.69) is 15.3 Å². The lowest BCUT2D eigenvalue weighted by atomic mass is 9.95. The molecule has 2 aromatic carbocycles. The van der Waals surface area contributed by atoms with Gasteiger partial charge in [-0.3, -0.25) is 9.59 Å². The summed E-state index contributed by atoms with van der Waals surface area (Å²) in [7, 11) is 0. The van der Waals surface area contributed by atoms with Crippen LogP contribution < -0.4 is 15.8 Å². The van der Waals surface area contributed by atoms with E-state index < -0.39 is 0 Å². The number of carbonyl (C=O) groups is 1. The van der Waals surface area contributed by atoms with Crippen LogP contribution in [0.25, 0.3) is 5.69 Å². The van der Waals surface area contributed by atoms with Crippen molar-refractivity contribution in [1.82, 2.24) is 9.78 Å². The maximum absolute atomic E-state index is 12.7. The van der Waals surface area contributed by atoms with Crippen molar-refractivity contribution in [3.63, 3.8) is 0 Å². The number of benzene rings is 2. The Hall–Kier alpha value is -3.12. The molecule has 0 spiro atoms. The van der Waals surface area contributed by atoms with E-state index in [0.29, 0.717) is 29.6 Å². The van der Waals surface area contributed by atoms with Gasteiger partial charge in [-0.1, -0.05) is 35.9 Å². The molecule has 1 N–H and O–H groups in total. The molecular formula is C24H25ClN4O2. The van der Waals surface area contributed by atoms with Crippen LogP contribution in [0.15, 0.2) is 59.4 Å². The van der Waals surface area contributed by atoms with Crippen LogP contribution in [0.2, 0.25) is 5.02 Å². The maximum atomic E-state index is 12.7. The molecular weight excluding hydrogens is 412 g/mol. The minimum absolute atomic E-state index is 0.0438. The summed E-state index contributed by atoms with van der Waals surface area (Å²) in [6, 6.07) is 16.5. The van der Waals surface area contributed by atoms with Crippen molar-refractivity contribution < 1.29 is 4.79 Å². The number of aryl methyl sites for hydroxylation is 2. The average molecular weight is 437 g/mol. The second-order valence-corrected chi connectivity index (χ2v) is 8.35. The van der Waals surface area contributed by atoms with Crippen molar-refractivity contribution in [3.05, 3.63) is 81.1 Å². The largest absolute Gasteiger partial charge is 0.355 e. The third kappa shape index (κ3) is 4.64. The Balaban J connectivity index is 1.45. The quantitative estimate of drug-likeness (QED) is 0.660. The molecule has 2 heterocycles. The molecule has 1 aliphatic rings. The van der Waals surface area contributed by atoms with Crippen molar-refractivity contribution in [1.29, 1.82) is 0 Å². The van der Waals surface area contributed by atoms with Crippen LogP contribution in [-0.2, 0) is 4.79 Å². The van der Waals surface area contributed by atoms with Gasteiger partial charge in [-0.05, 0) is 62.1 Å². The number of amides is 1. The summed E-state index contributed by atoms with van der Waals surface area (Å²) < 4.78 is 1.37. The number of halogens is 1.